The van der Waals surface area contributed by atoms with E-state index >= 15 is 0 Å². The molecule has 1 amide bonds. The molecule has 4 rings (SSSR count). The highest BCUT2D eigenvalue weighted by Crippen LogP contribution is 2.53. The van der Waals surface area contributed by atoms with Gasteiger partial charge in [-0.1, -0.05) is 58.1 Å². The van der Waals surface area contributed by atoms with Gasteiger partial charge in [-0.25, -0.2) is 4.98 Å². The molecule has 5 heteroatoms. The van der Waals surface area contributed by atoms with Gasteiger partial charge >= 0.3 is 0 Å². The lowest BCUT2D eigenvalue weighted by molar-refractivity contribution is -0.117. The Morgan fingerprint density at radius 1 is 1.24 bits per heavy atom. The van der Waals surface area contributed by atoms with E-state index in [0.717, 1.165) is 44.5 Å². The number of nitrogens with one attached hydrogen (secondary N) is 2. The molecule has 2 bridgehead atoms. The van der Waals surface area contributed by atoms with E-state index in [1.807, 2.05) is 26.1 Å². The lowest BCUT2D eigenvalue weighted by Crippen LogP contribution is -2.55. The molecule has 2 N–H and O–H groups in total. The highest BCUT2D eigenvalue weighted by atomic mass is 16.1. The van der Waals surface area contributed by atoms with Crippen LogP contribution in [0.2, 0.25) is 0 Å². The van der Waals surface area contributed by atoms with Crippen molar-refractivity contribution in [2.75, 3.05) is 13.1 Å². The molecule has 0 aromatic carbocycles. The Hall–Kier alpha value is -2.53. The molecule has 1 unspecified atom stereocenters. The Bertz CT molecular complexity index is 1050. The van der Waals surface area contributed by atoms with Crippen molar-refractivity contribution < 1.29 is 4.79 Å². The normalized spacial score (nSPS) is 26.3. The topological polar surface area (TPSA) is 66.9 Å². The van der Waals surface area contributed by atoms with E-state index < -0.39 is 0 Å². The van der Waals surface area contributed by atoms with Gasteiger partial charge in [-0.3, -0.25) is 9.78 Å². The van der Waals surface area contributed by atoms with Gasteiger partial charge in [0.1, 0.15) is 5.35 Å². The zero-order chi connectivity index (χ0) is 24.0. The number of amides is 1. The summed E-state index contributed by atoms with van der Waals surface area (Å²) in [5.74, 6) is 0.245. The van der Waals surface area contributed by atoms with Crippen molar-refractivity contribution in [3.05, 3.63) is 59.0 Å². The van der Waals surface area contributed by atoms with Crippen LogP contribution in [0.15, 0.2) is 42.7 Å². The molecule has 0 radical (unpaired) electrons. The molecule has 2 atom stereocenters. The van der Waals surface area contributed by atoms with Gasteiger partial charge in [0.25, 0.3) is 5.91 Å². The van der Waals surface area contributed by atoms with E-state index in [9.17, 15) is 4.79 Å². The van der Waals surface area contributed by atoms with Crippen molar-refractivity contribution >= 4 is 17.6 Å². The first kappa shape index (κ1) is 25.1. The predicted molar refractivity (Wildman–Crippen MR) is 137 cm³/mol. The number of hydrogen-bond donors (Lipinski definition) is 2. The Labute approximate surface area is 198 Å². The first-order valence-electron chi connectivity index (χ1n) is 12.5. The van der Waals surface area contributed by atoms with Crippen LogP contribution in [0.4, 0.5) is 0 Å². The number of rotatable bonds is 5. The molecule has 3 aliphatic rings. The Morgan fingerprint density at radius 3 is 2.64 bits per heavy atom. The van der Waals surface area contributed by atoms with Gasteiger partial charge in [0, 0.05) is 17.5 Å². The largest absolute Gasteiger partial charge is 0.345 e. The van der Waals surface area contributed by atoms with Crippen molar-refractivity contribution in [1.29, 1.82) is 0 Å². The summed E-state index contributed by atoms with van der Waals surface area (Å²) < 4.78 is 0. The standard InChI is InChI=1S/C26H34N4O.C2H6/c1-5-9-21-23(29-22(16-28-21)18-11-14-27-15-12-18)19(6-2)25(31)30-24-20-10-7-8-13-26(24,4)17(20)3;1-2/h5-6,9,16,18,24,27H,1-2,7-8,10-15H2,3-4H3,(H,30,31);1-2H3/b21-9+,23-19-;/t24-,26?;/m0./s1. The van der Waals surface area contributed by atoms with Gasteiger partial charge in [0.2, 0.25) is 0 Å². The van der Waals surface area contributed by atoms with Crippen LogP contribution >= 0.6 is 0 Å². The van der Waals surface area contributed by atoms with Gasteiger partial charge in [-0.2, -0.15) is 0 Å². The minimum atomic E-state index is -0.117. The molecule has 1 saturated heterocycles. The number of aromatic nitrogens is 2. The fourth-order valence-electron chi connectivity index (χ4n) is 5.49. The molecular weight excluding hydrogens is 408 g/mol. The Kier molecular flexibility index (Phi) is 8.41. The summed E-state index contributed by atoms with van der Waals surface area (Å²) in [6.07, 6.45) is 13.6. The summed E-state index contributed by atoms with van der Waals surface area (Å²) >= 11 is 0. The van der Waals surface area contributed by atoms with Crippen LogP contribution in [-0.2, 0) is 4.79 Å². The van der Waals surface area contributed by atoms with E-state index in [1.54, 1.807) is 12.2 Å². The molecule has 5 nitrogen and oxygen atoms in total. The van der Waals surface area contributed by atoms with Crippen LogP contribution in [-0.4, -0.2) is 35.0 Å². The smallest absolute Gasteiger partial charge is 0.254 e. The fourth-order valence-corrected chi connectivity index (χ4v) is 5.49. The molecular formula is C28H40N4O. The molecule has 178 valence electrons. The van der Waals surface area contributed by atoms with E-state index in [4.69, 9.17) is 4.98 Å². The maximum atomic E-state index is 13.5. The lowest BCUT2D eigenvalue weighted by atomic mass is 9.60. The van der Waals surface area contributed by atoms with Crippen LogP contribution in [0.25, 0.3) is 11.6 Å². The molecule has 2 heterocycles. The molecule has 1 fully saturated rings. The van der Waals surface area contributed by atoms with E-state index in [1.165, 1.54) is 24.0 Å². The fraction of sp³-hybridized carbons (Fsp3) is 0.536. The van der Waals surface area contributed by atoms with Crippen LogP contribution in [0.5, 0.6) is 0 Å². The number of carbonyl (C=O) groups is 1. The third kappa shape index (κ3) is 4.89. The van der Waals surface area contributed by atoms with Crippen LogP contribution < -0.4 is 21.3 Å². The summed E-state index contributed by atoms with van der Waals surface area (Å²) in [5.41, 5.74) is 4.37. The number of piperidine rings is 1. The first-order chi connectivity index (χ1) is 16.0. The van der Waals surface area contributed by atoms with Gasteiger partial charge in [-0.15, -0.1) is 0 Å². The summed E-state index contributed by atoms with van der Waals surface area (Å²) in [6.45, 7) is 18.2. The van der Waals surface area contributed by atoms with Crippen molar-refractivity contribution in [2.45, 2.75) is 78.2 Å². The second kappa shape index (κ2) is 11.1. The summed E-state index contributed by atoms with van der Waals surface area (Å²) in [6, 6.07) is 0.102. The summed E-state index contributed by atoms with van der Waals surface area (Å²) in [4.78, 5) is 23.0. The first-order valence-corrected chi connectivity index (χ1v) is 12.5. The minimum absolute atomic E-state index is 0.0620. The van der Waals surface area contributed by atoms with Gasteiger partial charge < -0.3 is 10.6 Å². The van der Waals surface area contributed by atoms with Crippen molar-refractivity contribution in [3.8, 4) is 0 Å². The summed E-state index contributed by atoms with van der Waals surface area (Å²) in [7, 11) is 0. The lowest BCUT2D eigenvalue weighted by Gasteiger charge is -2.49. The Balaban J connectivity index is 0.00000149. The summed E-state index contributed by atoms with van der Waals surface area (Å²) in [5, 5.41) is 7.97. The molecule has 0 spiro atoms. The zero-order valence-electron chi connectivity index (χ0n) is 20.8. The predicted octanol–water partition coefficient (Wildman–Crippen LogP) is 3.67. The average Bonchev–Trinajstić information content (AvgIpc) is 3.12. The van der Waals surface area contributed by atoms with Crippen molar-refractivity contribution in [1.82, 2.24) is 20.6 Å². The third-order valence-electron chi connectivity index (χ3n) is 7.55. The number of fused-ring (bicyclic) bond motifs is 1. The van der Waals surface area contributed by atoms with Crippen LogP contribution in [0, 0.1) is 5.41 Å². The van der Waals surface area contributed by atoms with E-state index in [0.29, 0.717) is 22.2 Å². The van der Waals surface area contributed by atoms with Crippen LogP contribution in [0.1, 0.15) is 77.8 Å². The average molecular weight is 449 g/mol. The highest BCUT2D eigenvalue weighted by molar-refractivity contribution is 6.17. The van der Waals surface area contributed by atoms with Gasteiger partial charge in [0.05, 0.1) is 22.7 Å². The SMILES string of the molecule is C=C/C=c1/ncc(C2CCNCC2)n/c1=C(/C=C)C(=O)N[C@H]1C2=C(C)C1(C)CCCC2.CC. The molecule has 1 aromatic rings. The number of carbonyl (C=O) groups excluding carboxylic acids is 1. The van der Waals surface area contributed by atoms with Crippen LogP contribution in [0.3, 0.4) is 0 Å². The molecule has 0 saturated carbocycles. The highest BCUT2D eigenvalue weighted by Gasteiger charge is 2.49. The van der Waals surface area contributed by atoms with E-state index in [-0.39, 0.29) is 17.4 Å². The maximum absolute atomic E-state index is 13.5. The molecule has 2 aliphatic carbocycles. The number of nitrogens with zero attached hydrogens (tertiary/aromatic N) is 2. The number of hydrogen-bond acceptors (Lipinski definition) is 4. The molecule has 1 aromatic heterocycles. The second-order valence-electron chi connectivity index (χ2n) is 9.25. The quantitative estimate of drug-likeness (QED) is 0.675. The van der Waals surface area contributed by atoms with Crippen molar-refractivity contribution in [3.63, 3.8) is 0 Å². The molecule has 1 aliphatic heterocycles. The third-order valence-corrected chi connectivity index (χ3v) is 7.55. The van der Waals surface area contributed by atoms with E-state index in [2.05, 4.69) is 42.6 Å². The second-order valence-corrected chi connectivity index (χ2v) is 9.25. The van der Waals surface area contributed by atoms with Gasteiger partial charge in [-0.05, 0) is 63.8 Å². The monoisotopic (exact) mass is 448 g/mol. The number of allylic oxidation sites excluding steroid dienone is 1. The minimum Gasteiger partial charge on any atom is -0.345 e. The van der Waals surface area contributed by atoms with Crippen molar-refractivity contribution in [2.24, 2.45) is 5.41 Å². The molecule has 33 heavy (non-hydrogen) atoms. The zero-order valence-corrected chi connectivity index (χ0v) is 20.8. The Morgan fingerprint density at radius 2 is 1.97 bits per heavy atom. The van der Waals surface area contributed by atoms with Gasteiger partial charge in [0.15, 0.2) is 0 Å². The maximum Gasteiger partial charge on any atom is 0.254 e.